The molecule has 1 aliphatic rings. The van der Waals surface area contributed by atoms with Gasteiger partial charge in [0, 0.05) is 21.8 Å². The summed E-state index contributed by atoms with van der Waals surface area (Å²) in [4.78, 5) is 11.2. The highest BCUT2D eigenvalue weighted by molar-refractivity contribution is 7.75. The van der Waals surface area contributed by atoms with Gasteiger partial charge in [-0.2, -0.15) is 5.10 Å². The van der Waals surface area contributed by atoms with Crippen LogP contribution in [-0.2, 0) is 30.2 Å². The van der Waals surface area contributed by atoms with Crippen molar-refractivity contribution < 1.29 is 13.3 Å². The minimum Gasteiger partial charge on any atom is -0.487 e. The van der Waals surface area contributed by atoms with Crippen LogP contribution in [0.15, 0.2) is 55.0 Å². The summed E-state index contributed by atoms with van der Waals surface area (Å²) >= 11 is 12.0. The Morgan fingerprint density at radius 2 is 2.08 bits per heavy atom. The van der Waals surface area contributed by atoms with Gasteiger partial charge in [0.25, 0.3) is 0 Å². The molecule has 3 aromatic heterocycles. The smallest absolute Gasteiger partial charge is 0.142 e. The number of nitrogens with zero attached hydrogens (tertiary/aromatic N) is 4. The Bertz CT molecular complexity index is 1610. The monoisotopic (exact) mass is 553 g/mol. The Hall–Kier alpha value is -3.18. The number of hydrogen-bond acceptors (Lipinski definition) is 8. The SMILES string of the molecule is Fc1cccc(COc2ccc(Nc3ncnc4sc5c(c34)CCc3c-5cnn3CCOS)cc2Cl)c1. The number of anilines is 2. The number of nitrogens with one attached hydrogen (secondary N) is 1. The van der Waals surface area contributed by atoms with Crippen molar-refractivity contribution in [3.05, 3.63) is 82.6 Å². The third-order valence-corrected chi connectivity index (χ3v) is 7.92. The molecule has 188 valence electrons. The highest BCUT2D eigenvalue weighted by atomic mass is 35.5. The number of benzene rings is 2. The zero-order valence-corrected chi connectivity index (χ0v) is 21.9. The molecular formula is C26H21ClFN5O2S2. The first-order valence-electron chi connectivity index (χ1n) is 11.6. The molecule has 0 spiro atoms. The van der Waals surface area contributed by atoms with E-state index >= 15 is 0 Å². The number of thiophene rings is 1. The predicted molar refractivity (Wildman–Crippen MR) is 146 cm³/mol. The molecule has 0 atom stereocenters. The van der Waals surface area contributed by atoms with E-state index in [1.807, 2.05) is 16.9 Å². The molecule has 0 radical (unpaired) electrons. The lowest BCUT2D eigenvalue weighted by atomic mass is 9.95. The molecule has 0 aliphatic heterocycles. The van der Waals surface area contributed by atoms with Crippen molar-refractivity contribution in [2.75, 3.05) is 11.9 Å². The Morgan fingerprint density at radius 3 is 2.92 bits per heavy atom. The molecule has 0 amide bonds. The van der Waals surface area contributed by atoms with Crippen molar-refractivity contribution in [2.45, 2.75) is 26.0 Å². The van der Waals surface area contributed by atoms with Crippen molar-refractivity contribution in [1.29, 1.82) is 0 Å². The molecule has 0 unspecified atom stereocenters. The summed E-state index contributed by atoms with van der Waals surface area (Å²) in [6.45, 7) is 1.37. The van der Waals surface area contributed by atoms with Crippen molar-refractivity contribution in [2.24, 2.45) is 0 Å². The maximum absolute atomic E-state index is 13.4. The first-order chi connectivity index (χ1) is 18.1. The minimum atomic E-state index is -0.299. The van der Waals surface area contributed by atoms with Crippen molar-refractivity contribution in [3.63, 3.8) is 0 Å². The third-order valence-electron chi connectivity index (χ3n) is 6.26. The van der Waals surface area contributed by atoms with Gasteiger partial charge in [0.05, 0.1) is 29.8 Å². The number of aryl methyl sites for hydroxylation is 1. The highest BCUT2D eigenvalue weighted by Gasteiger charge is 2.27. The number of aromatic nitrogens is 4. The first kappa shape index (κ1) is 24.2. The standard InChI is InChI=1S/C26H21ClFN5O2S2/c27-20-11-17(4-7-22(20)34-13-15-2-1-3-16(28)10-15)32-25-23-18-5-6-21-19(12-31-33(21)8-9-35-36)24(18)37-26(23)30-14-29-25/h1-4,7,10-12,14,36H,5-6,8-9,13H2,(H,29,30,32). The fraction of sp³-hybridized carbons (Fsp3) is 0.192. The zero-order valence-electron chi connectivity index (χ0n) is 19.4. The number of rotatable bonds is 8. The Labute approximate surface area is 226 Å². The van der Waals surface area contributed by atoms with Crippen LogP contribution in [0.1, 0.15) is 16.8 Å². The van der Waals surface area contributed by atoms with Crippen LogP contribution in [0, 0.1) is 5.82 Å². The molecule has 0 saturated carbocycles. The molecule has 0 fully saturated rings. The summed E-state index contributed by atoms with van der Waals surface area (Å²) in [6.07, 6.45) is 5.23. The van der Waals surface area contributed by atoms with Gasteiger partial charge >= 0.3 is 0 Å². The van der Waals surface area contributed by atoms with E-state index in [9.17, 15) is 4.39 Å². The summed E-state index contributed by atoms with van der Waals surface area (Å²) in [5.41, 5.74) is 5.07. The van der Waals surface area contributed by atoms with Crippen LogP contribution in [0.5, 0.6) is 5.75 Å². The molecule has 2 aromatic carbocycles. The Morgan fingerprint density at radius 1 is 1.16 bits per heavy atom. The lowest BCUT2D eigenvalue weighted by Gasteiger charge is -2.16. The second kappa shape index (κ2) is 10.3. The van der Waals surface area contributed by atoms with Crippen molar-refractivity contribution >= 4 is 57.6 Å². The number of fused-ring (bicyclic) bond motifs is 5. The summed E-state index contributed by atoms with van der Waals surface area (Å²) in [7, 11) is 0. The van der Waals surface area contributed by atoms with Crippen LogP contribution < -0.4 is 10.1 Å². The molecule has 6 rings (SSSR count). The number of thiol groups is 1. The highest BCUT2D eigenvalue weighted by Crippen LogP contribution is 2.45. The first-order valence-corrected chi connectivity index (χ1v) is 13.2. The molecule has 0 saturated heterocycles. The largest absolute Gasteiger partial charge is 0.487 e. The number of halogens is 2. The second-order valence-electron chi connectivity index (χ2n) is 8.56. The van der Waals surface area contributed by atoms with Gasteiger partial charge in [-0.25, -0.2) is 14.4 Å². The van der Waals surface area contributed by atoms with E-state index in [0.29, 0.717) is 23.9 Å². The second-order valence-corrected chi connectivity index (χ2v) is 10.2. The summed E-state index contributed by atoms with van der Waals surface area (Å²) < 4.78 is 26.2. The lowest BCUT2D eigenvalue weighted by molar-refractivity contribution is 0.306. The van der Waals surface area contributed by atoms with Crippen LogP contribution in [0.2, 0.25) is 5.02 Å². The fourth-order valence-electron chi connectivity index (χ4n) is 4.59. The van der Waals surface area contributed by atoms with Gasteiger partial charge in [-0.1, -0.05) is 23.7 Å². The average Bonchev–Trinajstić information content (AvgIpc) is 3.49. The summed E-state index contributed by atoms with van der Waals surface area (Å²) in [5.74, 6) is 0.947. The maximum Gasteiger partial charge on any atom is 0.142 e. The summed E-state index contributed by atoms with van der Waals surface area (Å²) in [6, 6.07) is 11.8. The Kier molecular flexibility index (Phi) is 6.72. The van der Waals surface area contributed by atoms with E-state index in [4.69, 9.17) is 20.5 Å². The van der Waals surface area contributed by atoms with E-state index in [0.717, 1.165) is 45.7 Å². The summed E-state index contributed by atoms with van der Waals surface area (Å²) in [5, 5.41) is 9.43. The molecule has 0 bridgehead atoms. The minimum absolute atomic E-state index is 0.220. The van der Waals surface area contributed by atoms with Crippen LogP contribution in [0.25, 0.3) is 20.7 Å². The topological polar surface area (TPSA) is 74.1 Å². The molecule has 5 aromatic rings. The number of hydrogen-bond donors (Lipinski definition) is 2. The van der Waals surface area contributed by atoms with Crippen LogP contribution in [0.4, 0.5) is 15.9 Å². The molecule has 11 heteroatoms. The lowest BCUT2D eigenvalue weighted by Crippen LogP contribution is -2.12. The van der Waals surface area contributed by atoms with Gasteiger partial charge in [-0.15, -0.1) is 11.3 Å². The van der Waals surface area contributed by atoms with E-state index in [1.165, 1.54) is 28.3 Å². The van der Waals surface area contributed by atoms with E-state index < -0.39 is 0 Å². The third kappa shape index (κ3) is 4.77. The normalized spacial score (nSPS) is 12.4. The van der Waals surface area contributed by atoms with Crippen molar-refractivity contribution in [1.82, 2.24) is 19.7 Å². The van der Waals surface area contributed by atoms with E-state index in [1.54, 1.807) is 41.9 Å². The van der Waals surface area contributed by atoms with Gasteiger partial charge in [0.2, 0.25) is 0 Å². The quantitative estimate of drug-likeness (QED) is 0.166. The molecule has 7 nitrogen and oxygen atoms in total. The average molecular weight is 554 g/mol. The van der Waals surface area contributed by atoms with Gasteiger partial charge < -0.3 is 14.2 Å². The molecule has 3 heterocycles. The molecule has 1 N–H and O–H groups in total. The fourth-order valence-corrected chi connectivity index (χ4v) is 6.13. The van der Waals surface area contributed by atoms with Crippen LogP contribution in [0.3, 0.4) is 0 Å². The van der Waals surface area contributed by atoms with Gasteiger partial charge in [-0.05, 0) is 67.2 Å². The molecule has 1 aliphatic carbocycles. The zero-order chi connectivity index (χ0) is 25.4. The van der Waals surface area contributed by atoms with Crippen molar-refractivity contribution in [3.8, 4) is 16.2 Å². The maximum atomic E-state index is 13.4. The van der Waals surface area contributed by atoms with Crippen LogP contribution in [-0.4, -0.2) is 26.4 Å². The van der Waals surface area contributed by atoms with Gasteiger partial charge in [-0.3, -0.25) is 4.68 Å². The van der Waals surface area contributed by atoms with Gasteiger partial charge in [0.1, 0.15) is 35.1 Å². The van der Waals surface area contributed by atoms with Crippen LogP contribution >= 0.6 is 35.8 Å². The number of ether oxygens (including phenoxy) is 1. The Balaban J connectivity index is 1.26. The predicted octanol–water partition coefficient (Wildman–Crippen LogP) is 6.63. The molecular weight excluding hydrogens is 533 g/mol. The molecule has 37 heavy (non-hydrogen) atoms. The van der Waals surface area contributed by atoms with Gasteiger partial charge in [0.15, 0.2) is 0 Å². The van der Waals surface area contributed by atoms with E-state index in [-0.39, 0.29) is 12.4 Å². The van der Waals surface area contributed by atoms with E-state index in [2.05, 4.69) is 33.3 Å².